The maximum absolute atomic E-state index is 11.4. The zero-order chi connectivity index (χ0) is 19.4. The molecular formula is C16H14N4O6. The highest BCUT2D eigenvalue weighted by Crippen LogP contribution is 2.38. The molecule has 134 valence electrons. The van der Waals surface area contributed by atoms with Crippen LogP contribution in [0.3, 0.4) is 0 Å². The van der Waals surface area contributed by atoms with E-state index in [1.807, 2.05) is 0 Å². The zero-order valence-corrected chi connectivity index (χ0v) is 13.8. The normalized spacial score (nSPS) is 10.1. The van der Waals surface area contributed by atoms with Crippen LogP contribution in [0.1, 0.15) is 13.8 Å². The summed E-state index contributed by atoms with van der Waals surface area (Å²) in [5.74, 6) is -0.810. The van der Waals surface area contributed by atoms with Gasteiger partial charge in [0, 0.05) is 37.4 Å². The molecule has 0 aliphatic carbocycles. The van der Waals surface area contributed by atoms with Gasteiger partial charge in [0.15, 0.2) is 0 Å². The van der Waals surface area contributed by atoms with Gasteiger partial charge in [-0.1, -0.05) is 0 Å². The lowest BCUT2D eigenvalue weighted by Crippen LogP contribution is -2.07. The number of anilines is 2. The molecule has 2 aromatic carbocycles. The summed E-state index contributed by atoms with van der Waals surface area (Å²) in [5, 5.41) is 27.6. The summed E-state index contributed by atoms with van der Waals surface area (Å²) in [6, 6.07) is 7.72. The van der Waals surface area contributed by atoms with Crippen molar-refractivity contribution in [3.63, 3.8) is 0 Å². The Labute approximate surface area is 147 Å². The van der Waals surface area contributed by atoms with Crippen molar-refractivity contribution in [3.05, 3.63) is 56.6 Å². The quantitative estimate of drug-likeness (QED) is 0.620. The average molecular weight is 358 g/mol. The fraction of sp³-hybridized carbons (Fsp3) is 0.125. The first-order chi connectivity index (χ1) is 12.2. The smallest absolute Gasteiger partial charge is 0.279 e. The van der Waals surface area contributed by atoms with Crippen LogP contribution in [0.15, 0.2) is 36.4 Å². The van der Waals surface area contributed by atoms with E-state index in [2.05, 4.69) is 10.6 Å². The van der Waals surface area contributed by atoms with E-state index in [0.29, 0.717) is 0 Å². The second-order valence-electron chi connectivity index (χ2n) is 5.34. The Hall–Kier alpha value is -3.82. The van der Waals surface area contributed by atoms with Crippen LogP contribution in [0.25, 0.3) is 11.1 Å². The van der Waals surface area contributed by atoms with Crippen molar-refractivity contribution in [1.29, 1.82) is 0 Å². The molecule has 0 aliphatic heterocycles. The number of carbonyl (C=O) groups excluding carboxylic acids is 2. The lowest BCUT2D eigenvalue weighted by atomic mass is 10.0. The highest BCUT2D eigenvalue weighted by atomic mass is 16.6. The fourth-order valence-corrected chi connectivity index (χ4v) is 2.38. The molecule has 10 nitrogen and oxygen atoms in total. The topological polar surface area (TPSA) is 144 Å². The van der Waals surface area contributed by atoms with Gasteiger partial charge in [0.1, 0.15) is 0 Å². The lowest BCUT2D eigenvalue weighted by molar-refractivity contribution is -0.386. The number of nitro groups is 2. The molecule has 0 saturated carbocycles. The van der Waals surface area contributed by atoms with Gasteiger partial charge in [-0.25, -0.2) is 0 Å². The third kappa shape index (κ3) is 4.17. The monoisotopic (exact) mass is 358 g/mol. The molecule has 0 unspecified atom stereocenters. The summed E-state index contributed by atoms with van der Waals surface area (Å²) in [5.41, 5.74) is -0.357. The Kier molecular flexibility index (Phi) is 5.26. The second kappa shape index (κ2) is 7.38. The van der Waals surface area contributed by atoms with E-state index < -0.39 is 33.0 Å². The van der Waals surface area contributed by atoms with Gasteiger partial charge in [0.2, 0.25) is 11.8 Å². The van der Waals surface area contributed by atoms with E-state index in [1.165, 1.54) is 38.1 Å². The van der Waals surface area contributed by atoms with Gasteiger partial charge in [0.25, 0.3) is 11.4 Å². The summed E-state index contributed by atoms with van der Waals surface area (Å²) in [4.78, 5) is 43.6. The van der Waals surface area contributed by atoms with Crippen LogP contribution in [-0.4, -0.2) is 21.7 Å². The van der Waals surface area contributed by atoms with E-state index >= 15 is 0 Å². The molecule has 10 heteroatoms. The van der Waals surface area contributed by atoms with Crippen LogP contribution in [-0.2, 0) is 9.59 Å². The molecule has 0 atom stereocenters. The fourth-order valence-electron chi connectivity index (χ4n) is 2.38. The SMILES string of the molecule is CC(=O)Nc1ccc(-c2ccc(NC(C)=O)cc2[N+](=O)[O-])c([N+](=O)[O-])c1. The van der Waals surface area contributed by atoms with Crippen LogP contribution in [0.2, 0.25) is 0 Å². The average Bonchev–Trinajstić information content (AvgIpc) is 2.53. The van der Waals surface area contributed by atoms with Gasteiger partial charge in [-0.3, -0.25) is 29.8 Å². The Morgan fingerprint density at radius 3 is 1.38 bits per heavy atom. The summed E-state index contributed by atoms with van der Waals surface area (Å²) >= 11 is 0. The largest absolute Gasteiger partial charge is 0.326 e. The highest BCUT2D eigenvalue weighted by Gasteiger charge is 2.24. The molecule has 0 aliphatic rings. The van der Waals surface area contributed by atoms with E-state index in [9.17, 15) is 29.8 Å². The van der Waals surface area contributed by atoms with Crippen molar-refractivity contribution >= 4 is 34.6 Å². The van der Waals surface area contributed by atoms with Crippen molar-refractivity contribution in [2.75, 3.05) is 10.6 Å². The first-order valence-electron chi connectivity index (χ1n) is 7.31. The van der Waals surface area contributed by atoms with Crippen molar-refractivity contribution in [2.45, 2.75) is 13.8 Å². The highest BCUT2D eigenvalue weighted by molar-refractivity contribution is 5.92. The number of hydrogen-bond donors (Lipinski definition) is 2. The number of carbonyl (C=O) groups is 2. The first-order valence-corrected chi connectivity index (χ1v) is 7.31. The summed E-state index contributed by atoms with van der Waals surface area (Å²) in [7, 11) is 0. The second-order valence-corrected chi connectivity index (χ2v) is 5.34. The number of amides is 2. The maximum Gasteiger partial charge on any atom is 0.279 e. The van der Waals surface area contributed by atoms with E-state index in [-0.39, 0.29) is 22.5 Å². The number of nitro benzene ring substituents is 2. The summed E-state index contributed by atoms with van der Waals surface area (Å²) in [6.45, 7) is 2.51. The maximum atomic E-state index is 11.4. The molecule has 2 N–H and O–H groups in total. The van der Waals surface area contributed by atoms with Crippen LogP contribution in [0.4, 0.5) is 22.7 Å². The number of benzene rings is 2. The number of nitrogens with zero attached hydrogens (tertiary/aromatic N) is 2. The zero-order valence-electron chi connectivity index (χ0n) is 13.8. The number of nitrogens with one attached hydrogen (secondary N) is 2. The van der Waals surface area contributed by atoms with Gasteiger partial charge in [-0.2, -0.15) is 0 Å². The van der Waals surface area contributed by atoms with Gasteiger partial charge in [0.05, 0.1) is 21.0 Å². The van der Waals surface area contributed by atoms with Crippen molar-refractivity contribution in [2.24, 2.45) is 0 Å². The van der Waals surface area contributed by atoms with Crippen molar-refractivity contribution in [1.82, 2.24) is 0 Å². The van der Waals surface area contributed by atoms with Crippen LogP contribution < -0.4 is 10.6 Å². The van der Waals surface area contributed by atoms with Gasteiger partial charge in [-0.05, 0) is 24.3 Å². The minimum atomic E-state index is -0.688. The number of rotatable bonds is 5. The molecule has 0 radical (unpaired) electrons. The van der Waals surface area contributed by atoms with Crippen LogP contribution in [0, 0.1) is 20.2 Å². The van der Waals surface area contributed by atoms with Gasteiger partial charge in [-0.15, -0.1) is 0 Å². The molecule has 2 rings (SSSR count). The predicted octanol–water partition coefficient (Wildman–Crippen LogP) is 3.09. The molecular weight excluding hydrogens is 344 g/mol. The van der Waals surface area contributed by atoms with Crippen LogP contribution >= 0.6 is 0 Å². The molecule has 0 heterocycles. The molecule has 0 saturated heterocycles. The minimum Gasteiger partial charge on any atom is -0.326 e. The number of hydrogen-bond acceptors (Lipinski definition) is 6. The molecule has 0 spiro atoms. The summed E-state index contributed by atoms with van der Waals surface area (Å²) in [6.07, 6.45) is 0. The lowest BCUT2D eigenvalue weighted by Gasteiger charge is -2.09. The van der Waals surface area contributed by atoms with Crippen molar-refractivity contribution in [3.8, 4) is 11.1 Å². The van der Waals surface area contributed by atoms with Gasteiger partial charge >= 0.3 is 0 Å². The Bertz CT molecular complexity index is 849. The van der Waals surface area contributed by atoms with Gasteiger partial charge < -0.3 is 10.6 Å². The Morgan fingerprint density at radius 2 is 1.12 bits per heavy atom. The van der Waals surface area contributed by atoms with E-state index in [1.54, 1.807) is 0 Å². The first kappa shape index (κ1) is 18.5. The molecule has 2 aromatic rings. The molecule has 0 aromatic heterocycles. The molecule has 2 amide bonds. The molecule has 26 heavy (non-hydrogen) atoms. The van der Waals surface area contributed by atoms with Crippen LogP contribution in [0.5, 0.6) is 0 Å². The Morgan fingerprint density at radius 1 is 0.769 bits per heavy atom. The van der Waals surface area contributed by atoms with E-state index in [4.69, 9.17) is 0 Å². The Balaban J connectivity index is 2.62. The minimum absolute atomic E-state index is 0.0187. The standard InChI is InChI=1S/C16H14N4O6/c1-9(21)17-11-3-5-13(15(7-11)19(23)24)14-6-4-12(18-10(2)22)8-16(14)20(25)26/h3-8H,1-2H3,(H,17,21)(H,18,22). The third-order valence-corrected chi connectivity index (χ3v) is 3.32. The van der Waals surface area contributed by atoms with E-state index in [0.717, 1.165) is 12.1 Å². The molecule has 0 bridgehead atoms. The molecule has 0 fully saturated rings. The van der Waals surface area contributed by atoms with Crippen molar-refractivity contribution < 1.29 is 19.4 Å². The third-order valence-electron chi connectivity index (χ3n) is 3.32. The predicted molar refractivity (Wildman–Crippen MR) is 93.8 cm³/mol. The summed E-state index contributed by atoms with van der Waals surface area (Å²) < 4.78 is 0.